The summed E-state index contributed by atoms with van der Waals surface area (Å²) in [6.45, 7) is 0. The second-order valence-electron chi connectivity index (χ2n) is 1.06. The summed E-state index contributed by atoms with van der Waals surface area (Å²) in [5, 5.41) is 0. The third-order valence-corrected chi connectivity index (χ3v) is 1.91. The van der Waals surface area contributed by atoms with Crippen molar-refractivity contribution in [2.45, 2.75) is 0 Å². The van der Waals surface area contributed by atoms with Crippen molar-refractivity contribution in [3.63, 3.8) is 0 Å². The van der Waals surface area contributed by atoms with E-state index in [9.17, 15) is 9.13 Å². The molecule has 0 heterocycles. The summed E-state index contributed by atoms with van der Waals surface area (Å²) in [4.78, 5) is 31.0. The van der Waals surface area contributed by atoms with E-state index in [4.69, 9.17) is 19.6 Å². The van der Waals surface area contributed by atoms with Crippen LogP contribution in [0.15, 0.2) is 0 Å². The van der Waals surface area contributed by atoms with Crippen LogP contribution in [0.25, 0.3) is 0 Å². The van der Waals surface area contributed by atoms with Crippen LogP contribution in [0.4, 0.5) is 0 Å². The van der Waals surface area contributed by atoms with E-state index >= 15 is 0 Å². The van der Waals surface area contributed by atoms with Gasteiger partial charge in [0.05, 0.1) is 0 Å². The summed E-state index contributed by atoms with van der Waals surface area (Å²) in [6, 6.07) is 0. The molecular weight excluding hydrogens is 295 g/mol. The number of phosphoric acid groups is 2. The van der Waals surface area contributed by atoms with Crippen LogP contribution >= 0.6 is 15.6 Å². The molecule has 0 aliphatic carbocycles. The van der Waals surface area contributed by atoms with Crippen molar-refractivity contribution in [1.29, 1.82) is 0 Å². The number of rotatable bonds is 2. The first kappa shape index (κ1) is 23.6. The van der Waals surface area contributed by atoms with E-state index in [1.807, 2.05) is 0 Å². The summed E-state index contributed by atoms with van der Waals surface area (Å²) in [5.74, 6) is 0. The molecule has 0 aromatic heterocycles. The zero-order valence-corrected chi connectivity index (χ0v) is 9.63. The predicted molar refractivity (Wildman–Crippen MR) is 26.3 cm³/mol. The maximum absolute atomic E-state index is 9.63. The molecule has 0 saturated heterocycles. The third kappa shape index (κ3) is 22.6. The first-order valence-electron chi connectivity index (χ1n) is 1.53. The van der Waals surface area contributed by atoms with E-state index in [2.05, 4.69) is 4.31 Å². The van der Waals surface area contributed by atoms with Crippen molar-refractivity contribution in [2.24, 2.45) is 0 Å². The Morgan fingerprint density at radius 3 is 1.17 bits per heavy atom. The van der Waals surface area contributed by atoms with E-state index in [0.717, 1.165) is 0 Å². The van der Waals surface area contributed by atoms with Gasteiger partial charge in [0.1, 0.15) is 0 Å². The maximum atomic E-state index is 9.63. The second kappa shape index (κ2) is 8.21. The summed E-state index contributed by atoms with van der Waals surface area (Å²) >= 11 is 0. The predicted octanol–water partition coefficient (Wildman–Crippen LogP) is -3.70. The van der Waals surface area contributed by atoms with Gasteiger partial charge in [0, 0.05) is 33.8 Å². The van der Waals surface area contributed by atoms with E-state index < -0.39 is 15.6 Å². The molecule has 0 saturated carbocycles. The van der Waals surface area contributed by atoms with Crippen molar-refractivity contribution in [1.82, 2.24) is 0 Å². The first-order chi connectivity index (χ1) is 3.71. The maximum Gasteiger partial charge on any atom is 1.00 e. The Hall–Kier alpha value is 1.88. The van der Waals surface area contributed by atoms with Gasteiger partial charge in [0.25, 0.3) is 0 Å². The van der Waals surface area contributed by atoms with Gasteiger partial charge < -0.3 is 21.0 Å². The Labute approximate surface area is 102 Å². The van der Waals surface area contributed by atoms with Crippen LogP contribution in [0.2, 0.25) is 0 Å². The summed E-state index contributed by atoms with van der Waals surface area (Å²) in [6.07, 6.45) is 0. The minimum atomic E-state index is -5.05. The smallest absolute Gasteiger partial charge is 1.00 e. The molecule has 0 aromatic rings. The molecular formula is H5CoLiMnO7P2. The van der Waals surface area contributed by atoms with Crippen LogP contribution in [0.3, 0.4) is 0 Å². The van der Waals surface area contributed by atoms with Crippen LogP contribution in [-0.4, -0.2) is 19.6 Å². The molecule has 0 fully saturated rings. The molecule has 7 nitrogen and oxygen atoms in total. The first-order valence-corrected chi connectivity index (χ1v) is 4.59. The molecule has 0 rings (SSSR count). The van der Waals surface area contributed by atoms with Crippen LogP contribution < -0.4 is 18.9 Å². The molecule has 0 atom stereocenters. The van der Waals surface area contributed by atoms with Crippen molar-refractivity contribution >= 4 is 15.6 Å². The average Bonchev–Trinajstić information content (AvgIpc) is 1.14. The Kier molecular flexibility index (Phi) is 16.1. The molecule has 0 spiro atoms. The fraction of sp³-hybridized carbons (Fsp3) is 0. The second-order valence-corrected chi connectivity index (χ2v) is 3.68. The van der Waals surface area contributed by atoms with Gasteiger partial charge in [-0.15, -0.1) is 0 Å². The zero-order valence-electron chi connectivity index (χ0n) is 6.62. The molecule has 2 radical (unpaired) electrons. The largest absolute Gasteiger partial charge is 1.00 e. The summed E-state index contributed by atoms with van der Waals surface area (Å²) in [7, 11) is -10.1. The van der Waals surface area contributed by atoms with Gasteiger partial charge in [-0.25, -0.2) is 9.13 Å². The van der Waals surface area contributed by atoms with Gasteiger partial charge in [0.2, 0.25) is 0 Å². The van der Waals surface area contributed by atoms with Crippen molar-refractivity contribution in [3.05, 3.63) is 0 Å². The standard InChI is InChI=1S/Co.Li.Mn.H4O7P2.H/c;;;1-8(2,3)7-9(4,5)6;/h;;;(H2,1,2,3)(H2,4,5,6);/q;+1;;;-1. The fourth-order valence-corrected chi connectivity index (χ4v) is 1.25. The SMILES string of the molecule is O=P(O)(O)OP(=O)(O)O.[Co].[H-].[Li+].[Mn]. The molecule has 0 unspecified atom stereocenters. The molecule has 12 heavy (non-hydrogen) atoms. The van der Waals surface area contributed by atoms with Crippen LogP contribution in [0.5, 0.6) is 0 Å². The number of hydrogen-bond acceptors (Lipinski definition) is 3. The Balaban J connectivity index is -0.0000000533. The molecule has 0 amide bonds. The molecule has 0 aliphatic heterocycles. The molecule has 4 N–H and O–H groups in total. The monoisotopic (exact) mass is 300 g/mol. The third-order valence-electron chi connectivity index (χ3n) is 0.213. The van der Waals surface area contributed by atoms with Gasteiger partial charge in [-0.1, -0.05) is 0 Å². The normalized spacial score (nSPS) is 10.3. The van der Waals surface area contributed by atoms with Crippen LogP contribution in [0.1, 0.15) is 1.43 Å². The zero-order chi connectivity index (χ0) is 7.71. The van der Waals surface area contributed by atoms with E-state index in [-0.39, 0.29) is 54.1 Å². The Morgan fingerprint density at radius 2 is 1.17 bits per heavy atom. The fourth-order valence-electron chi connectivity index (χ4n) is 0.139. The quantitative estimate of drug-likeness (QED) is 0.305. The van der Waals surface area contributed by atoms with Crippen molar-refractivity contribution < 1.29 is 87.1 Å². The van der Waals surface area contributed by atoms with E-state index in [1.54, 1.807) is 0 Å². The topological polar surface area (TPSA) is 124 Å². The van der Waals surface area contributed by atoms with Crippen molar-refractivity contribution in [3.8, 4) is 0 Å². The molecule has 0 bridgehead atoms. The molecule has 0 aliphatic rings. The molecule has 0 aromatic carbocycles. The summed E-state index contributed by atoms with van der Waals surface area (Å²) in [5.41, 5.74) is 0. The minimum Gasteiger partial charge on any atom is -1.00 e. The average molecular weight is 300 g/mol. The summed E-state index contributed by atoms with van der Waals surface area (Å²) < 4.78 is 22.2. The Bertz CT molecular complexity index is 167. The van der Waals surface area contributed by atoms with Gasteiger partial charge in [-0.3, -0.25) is 0 Å². The van der Waals surface area contributed by atoms with E-state index in [0.29, 0.717) is 0 Å². The van der Waals surface area contributed by atoms with Gasteiger partial charge in [0.15, 0.2) is 0 Å². The van der Waals surface area contributed by atoms with Crippen molar-refractivity contribution in [2.75, 3.05) is 0 Å². The Morgan fingerprint density at radius 1 is 1.00 bits per heavy atom. The minimum absolute atomic E-state index is 0. The molecule has 12 heteroatoms. The van der Waals surface area contributed by atoms with Crippen LogP contribution in [0, 0.1) is 0 Å². The van der Waals surface area contributed by atoms with E-state index in [1.165, 1.54) is 0 Å². The number of hydrogen-bond donors (Lipinski definition) is 4. The van der Waals surface area contributed by atoms with Gasteiger partial charge in [-0.2, -0.15) is 4.31 Å². The van der Waals surface area contributed by atoms with Crippen LogP contribution in [-0.2, 0) is 47.3 Å². The van der Waals surface area contributed by atoms with Gasteiger partial charge in [-0.05, 0) is 0 Å². The van der Waals surface area contributed by atoms with Gasteiger partial charge >= 0.3 is 34.5 Å². The molecule has 74 valence electrons.